The van der Waals surface area contributed by atoms with Gasteiger partial charge in [-0.25, -0.2) is 0 Å². The van der Waals surface area contributed by atoms with Gasteiger partial charge in [-0.2, -0.15) is 0 Å². The highest BCUT2D eigenvalue weighted by molar-refractivity contribution is 5.06. The lowest BCUT2D eigenvalue weighted by atomic mass is 9.65. The van der Waals surface area contributed by atoms with Crippen molar-refractivity contribution < 1.29 is 0 Å². The highest BCUT2D eigenvalue weighted by Crippen LogP contribution is 2.34. The Bertz CT molecular complexity index is 172. The molecular weight excluding hydrogens is 174 g/mol. The molecule has 0 heterocycles. The van der Waals surface area contributed by atoms with E-state index in [-0.39, 0.29) is 11.1 Å². The first-order valence-electron chi connectivity index (χ1n) is 5.45. The Morgan fingerprint density at radius 1 is 1.07 bits per heavy atom. The van der Waals surface area contributed by atoms with Crippen LogP contribution in [-0.4, -0.2) is 17.6 Å². The van der Waals surface area contributed by atoms with Crippen LogP contribution in [0.4, 0.5) is 0 Å². The summed E-state index contributed by atoms with van der Waals surface area (Å²) in [5.74, 6) is 0.691. The topological polar surface area (TPSA) is 78.1 Å². The van der Waals surface area contributed by atoms with Crippen molar-refractivity contribution in [1.82, 2.24) is 0 Å². The van der Waals surface area contributed by atoms with Crippen molar-refractivity contribution >= 4 is 0 Å². The molecule has 0 aliphatic heterocycles. The molecule has 0 fully saturated rings. The SMILES string of the molecule is CC(C)C(N)(C(C)CCN)C(C)(C)N. The van der Waals surface area contributed by atoms with E-state index < -0.39 is 0 Å². The molecule has 14 heavy (non-hydrogen) atoms. The summed E-state index contributed by atoms with van der Waals surface area (Å²) in [6, 6.07) is 0. The molecule has 2 unspecified atom stereocenters. The zero-order valence-corrected chi connectivity index (χ0v) is 10.3. The van der Waals surface area contributed by atoms with Crippen molar-refractivity contribution in [3.05, 3.63) is 0 Å². The Labute approximate surface area is 88.4 Å². The molecule has 3 heteroatoms. The summed E-state index contributed by atoms with van der Waals surface area (Å²) in [5.41, 5.74) is 17.5. The summed E-state index contributed by atoms with van der Waals surface area (Å²) < 4.78 is 0. The van der Waals surface area contributed by atoms with Crippen molar-refractivity contribution in [3.63, 3.8) is 0 Å². The van der Waals surface area contributed by atoms with Gasteiger partial charge in [0.1, 0.15) is 0 Å². The van der Waals surface area contributed by atoms with E-state index >= 15 is 0 Å². The zero-order chi connectivity index (χ0) is 11.6. The monoisotopic (exact) mass is 201 g/mol. The Balaban J connectivity index is 4.91. The van der Waals surface area contributed by atoms with Gasteiger partial charge >= 0.3 is 0 Å². The van der Waals surface area contributed by atoms with Gasteiger partial charge in [0, 0.05) is 11.1 Å². The first kappa shape index (κ1) is 13.9. The maximum Gasteiger partial charge on any atom is 0.0381 e. The lowest BCUT2D eigenvalue weighted by Crippen LogP contribution is -2.69. The van der Waals surface area contributed by atoms with Gasteiger partial charge in [0.2, 0.25) is 0 Å². The molecule has 0 aromatic rings. The largest absolute Gasteiger partial charge is 0.330 e. The van der Waals surface area contributed by atoms with Gasteiger partial charge < -0.3 is 17.2 Å². The van der Waals surface area contributed by atoms with Crippen molar-refractivity contribution in [2.75, 3.05) is 6.54 Å². The summed E-state index contributed by atoms with van der Waals surface area (Å²) in [5, 5.41) is 0. The van der Waals surface area contributed by atoms with Crippen LogP contribution in [0.3, 0.4) is 0 Å². The van der Waals surface area contributed by atoms with Crippen LogP contribution >= 0.6 is 0 Å². The van der Waals surface area contributed by atoms with E-state index in [0.717, 1.165) is 6.42 Å². The summed E-state index contributed by atoms with van der Waals surface area (Å²) >= 11 is 0. The highest BCUT2D eigenvalue weighted by Gasteiger charge is 2.45. The molecule has 3 nitrogen and oxygen atoms in total. The second-order valence-electron chi connectivity index (χ2n) is 5.29. The minimum absolute atomic E-state index is 0.340. The van der Waals surface area contributed by atoms with E-state index in [0.29, 0.717) is 18.4 Å². The van der Waals surface area contributed by atoms with E-state index in [1.165, 1.54) is 0 Å². The lowest BCUT2D eigenvalue weighted by Gasteiger charge is -2.49. The second-order valence-corrected chi connectivity index (χ2v) is 5.29. The van der Waals surface area contributed by atoms with Crippen LogP contribution in [0.1, 0.15) is 41.0 Å². The van der Waals surface area contributed by atoms with Crippen LogP contribution in [0.5, 0.6) is 0 Å². The summed E-state index contributed by atoms with van der Waals surface area (Å²) in [6.45, 7) is 11.1. The fraction of sp³-hybridized carbons (Fsp3) is 1.00. The molecule has 0 bridgehead atoms. The number of hydrogen-bond acceptors (Lipinski definition) is 3. The summed E-state index contributed by atoms with van der Waals surface area (Å²) in [7, 11) is 0. The first-order chi connectivity index (χ1) is 6.17. The smallest absolute Gasteiger partial charge is 0.0381 e. The quantitative estimate of drug-likeness (QED) is 0.622. The molecule has 0 radical (unpaired) electrons. The number of nitrogens with two attached hydrogens (primary N) is 3. The third-order valence-corrected chi connectivity index (χ3v) is 3.49. The third-order valence-electron chi connectivity index (χ3n) is 3.49. The minimum atomic E-state index is -0.379. The average molecular weight is 201 g/mol. The maximum absolute atomic E-state index is 6.47. The normalized spacial score (nSPS) is 19.5. The van der Waals surface area contributed by atoms with Crippen molar-refractivity contribution in [2.24, 2.45) is 29.0 Å². The Hall–Kier alpha value is -0.120. The van der Waals surface area contributed by atoms with Crippen LogP contribution in [0.2, 0.25) is 0 Å². The molecule has 0 saturated heterocycles. The molecule has 6 N–H and O–H groups in total. The van der Waals surface area contributed by atoms with Crippen LogP contribution in [-0.2, 0) is 0 Å². The molecule has 0 aliphatic rings. The van der Waals surface area contributed by atoms with Crippen LogP contribution in [0.15, 0.2) is 0 Å². The Morgan fingerprint density at radius 3 is 1.71 bits per heavy atom. The highest BCUT2D eigenvalue weighted by atomic mass is 14.9. The predicted octanol–water partition coefficient (Wildman–Crippen LogP) is 1.06. The van der Waals surface area contributed by atoms with Gasteiger partial charge in [-0.05, 0) is 38.6 Å². The van der Waals surface area contributed by atoms with Gasteiger partial charge in [0.05, 0.1) is 0 Å². The summed E-state index contributed by atoms with van der Waals surface area (Å²) in [6.07, 6.45) is 0.926. The molecular formula is C11H27N3. The molecule has 2 atom stereocenters. The Kier molecular flexibility index (Phi) is 4.56. The number of hydrogen-bond donors (Lipinski definition) is 3. The molecule has 0 spiro atoms. The van der Waals surface area contributed by atoms with E-state index in [9.17, 15) is 0 Å². The van der Waals surface area contributed by atoms with E-state index in [4.69, 9.17) is 17.2 Å². The van der Waals surface area contributed by atoms with Gasteiger partial charge in [-0.15, -0.1) is 0 Å². The van der Waals surface area contributed by atoms with E-state index in [2.05, 4.69) is 20.8 Å². The molecule has 0 aromatic carbocycles. The maximum atomic E-state index is 6.47. The minimum Gasteiger partial charge on any atom is -0.330 e. The molecule has 0 amide bonds. The fourth-order valence-corrected chi connectivity index (χ4v) is 2.44. The van der Waals surface area contributed by atoms with Crippen LogP contribution < -0.4 is 17.2 Å². The van der Waals surface area contributed by atoms with Crippen molar-refractivity contribution in [1.29, 1.82) is 0 Å². The standard InChI is InChI=1S/C11H27N3/c1-8(2)11(14,10(4,5)13)9(3)6-7-12/h8-9H,6-7,12-14H2,1-5H3. The molecule has 0 rings (SSSR count). The Morgan fingerprint density at radius 2 is 1.50 bits per heavy atom. The molecule has 0 aromatic heterocycles. The van der Waals surface area contributed by atoms with Crippen molar-refractivity contribution in [2.45, 2.75) is 52.1 Å². The van der Waals surface area contributed by atoms with Crippen LogP contribution in [0, 0.1) is 11.8 Å². The predicted molar refractivity (Wildman–Crippen MR) is 62.9 cm³/mol. The van der Waals surface area contributed by atoms with E-state index in [1.54, 1.807) is 0 Å². The van der Waals surface area contributed by atoms with Crippen molar-refractivity contribution in [3.8, 4) is 0 Å². The number of rotatable bonds is 5. The average Bonchev–Trinajstić information content (AvgIpc) is 2.00. The van der Waals surface area contributed by atoms with E-state index in [1.807, 2.05) is 13.8 Å². The first-order valence-corrected chi connectivity index (χ1v) is 5.45. The van der Waals surface area contributed by atoms with Gasteiger partial charge in [0.25, 0.3) is 0 Å². The van der Waals surface area contributed by atoms with Gasteiger partial charge in [0.15, 0.2) is 0 Å². The van der Waals surface area contributed by atoms with Crippen LogP contribution in [0.25, 0.3) is 0 Å². The molecule has 86 valence electrons. The van der Waals surface area contributed by atoms with Gasteiger partial charge in [-0.1, -0.05) is 20.8 Å². The zero-order valence-electron chi connectivity index (χ0n) is 10.3. The molecule has 0 aliphatic carbocycles. The lowest BCUT2D eigenvalue weighted by molar-refractivity contribution is 0.113. The summed E-state index contributed by atoms with van der Waals surface area (Å²) in [4.78, 5) is 0. The fourth-order valence-electron chi connectivity index (χ4n) is 2.44. The van der Waals surface area contributed by atoms with Gasteiger partial charge in [-0.3, -0.25) is 0 Å². The molecule has 0 saturated carbocycles. The second kappa shape index (κ2) is 4.60. The third kappa shape index (κ3) is 2.47.